The first-order chi connectivity index (χ1) is 18.8. The molecule has 1 heterocycles. The van der Waals surface area contributed by atoms with Crippen molar-refractivity contribution in [2.75, 3.05) is 33.7 Å². The molecule has 3 fully saturated rings. The van der Waals surface area contributed by atoms with Crippen molar-refractivity contribution < 1.29 is 39.0 Å². The van der Waals surface area contributed by atoms with E-state index in [-0.39, 0.29) is 30.7 Å². The Kier molecular flexibility index (Phi) is 7.04. The number of aliphatic hydroxyl groups is 1. The van der Waals surface area contributed by atoms with Gasteiger partial charge < -0.3 is 15.9 Å². The summed E-state index contributed by atoms with van der Waals surface area (Å²) in [4.78, 5) is 83.3. The van der Waals surface area contributed by atoms with Crippen LogP contribution in [0.5, 0.6) is 5.75 Å². The van der Waals surface area contributed by atoms with Crippen molar-refractivity contribution >= 4 is 34.8 Å². The first kappa shape index (κ1) is 28.3. The predicted octanol–water partition coefficient (Wildman–Crippen LogP) is -0.218. The molecule has 2 saturated carbocycles. The van der Waals surface area contributed by atoms with E-state index in [1.165, 1.54) is 31.1 Å². The Morgan fingerprint density at radius 2 is 1.75 bits per heavy atom. The van der Waals surface area contributed by atoms with Crippen LogP contribution >= 0.6 is 0 Å². The minimum absolute atomic E-state index is 0.0583. The van der Waals surface area contributed by atoms with Gasteiger partial charge in [-0.2, -0.15) is 0 Å². The van der Waals surface area contributed by atoms with Crippen LogP contribution in [0.25, 0.3) is 0 Å². The SMILES string of the molecule is CC1CCN(CC(=O)c2ccc(O)c3c2C[C@H]2C[C@H]4C(N(C)C)C(=O)C(C(N)=O)C(=O)[C@@]4(O)C(=O)C2C3=O)CC1. The summed E-state index contributed by atoms with van der Waals surface area (Å²) in [7, 11) is 3.07. The van der Waals surface area contributed by atoms with Gasteiger partial charge in [-0.1, -0.05) is 6.92 Å². The van der Waals surface area contributed by atoms with Crippen molar-refractivity contribution in [1.82, 2.24) is 9.80 Å². The number of aromatic hydroxyl groups is 1. The maximum atomic E-state index is 13.9. The van der Waals surface area contributed by atoms with E-state index in [9.17, 15) is 39.0 Å². The quantitative estimate of drug-likeness (QED) is 0.327. The van der Waals surface area contributed by atoms with Crippen LogP contribution in [0.3, 0.4) is 0 Å². The van der Waals surface area contributed by atoms with Crippen molar-refractivity contribution in [3.63, 3.8) is 0 Å². The number of phenols is 1. The molecule has 1 saturated heterocycles. The van der Waals surface area contributed by atoms with Crippen LogP contribution in [-0.4, -0.2) is 100 Å². The Morgan fingerprint density at radius 1 is 1.10 bits per heavy atom. The first-order valence-corrected chi connectivity index (χ1v) is 13.7. The molecule has 4 N–H and O–H groups in total. The summed E-state index contributed by atoms with van der Waals surface area (Å²) in [5.41, 5.74) is 3.04. The molecule has 1 aliphatic heterocycles. The number of likely N-dealkylation sites (tertiary alicyclic amines) is 1. The second kappa shape index (κ2) is 9.97. The molecule has 5 rings (SSSR count). The first-order valence-electron chi connectivity index (χ1n) is 13.7. The summed E-state index contributed by atoms with van der Waals surface area (Å²) in [5, 5.41) is 22.3. The van der Waals surface area contributed by atoms with E-state index in [0.717, 1.165) is 25.9 Å². The molecule has 3 aliphatic carbocycles. The average molecular weight is 554 g/mol. The van der Waals surface area contributed by atoms with E-state index < -0.39 is 70.1 Å². The lowest BCUT2D eigenvalue weighted by molar-refractivity contribution is -0.181. The number of piperidine rings is 1. The Balaban J connectivity index is 1.54. The fraction of sp³-hybridized carbons (Fsp3) is 0.586. The van der Waals surface area contributed by atoms with Crippen molar-refractivity contribution in [2.45, 2.75) is 44.2 Å². The Bertz CT molecular complexity index is 1330. The molecule has 11 heteroatoms. The molecule has 4 aliphatic rings. The fourth-order valence-electron chi connectivity index (χ4n) is 7.37. The zero-order chi connectivity index (χ0) is 29.3. The van der Waals surface area contributed by atoms with Gasteiger partial charge in [-0.15, -0.1) is 0 Å². The third-order valence-electron chi connectivity index (χ3n) is 9.49. The number of nitrogens with zero attached hydrogens (tertiary/aromatic N) is 2. The number of phenolic OH excluding ortho intramolecular Hbond substituents is 1. The number of amides is 1. The number of fused-ring (bicyclic) bond motifs is 3. The molecule has 214 valence electrons. The number of likely N-dealkylation sites (N-methyl/N-ethyl adjacent to an activating group) is 1. The van der Waals surface area contributed by atoms with E-state index in [1.807, 2.05) is 0 Å². The lowest BCUT2D eigenvalue weighted by atomic mass is 9.52. The van der Waals surface area contributed by atoms with Gasteiger partial charge in [0.1, 0.15) is 5.75 Å². The van der Waals surface area contributed by atoms with Gasteiger partial charge >= 0.3 is 0 Å². The number of Topliss-reactive ketones (excluding diaryl/α,β-unsaturated/α-hetero) is 5. The summed E-state index contributed by atoms with van der Waals surface area (Å²) in [5.74, 6) is -10.7. The average Bonchev–Trinajstić information content (AvgIpc) is 2.87. The van der Waals surface area contributed by atoms with Gasteiger partial charge in [0.2, 0.25) is 5.91 Å². The molecule has 0 aromatic heterocycles. The molecule has 40 heavy (non-hydrogen) atoms. The van der Waals surface area contributed by atoms with E-state index in [0.29, 0.717) is 17.0 Å². The van der Waals surface area contributed by atoms with Gasteiger partial charge in [-0.05, 0) is 82.4 Å². The second-order valence-corrected chi connectivity index (χ2v) is 12.2. The summed E-state index contributed by atoms with van der Waals surface area (Å²) in [6.45, 7) is 3.90. The Labute approximate surface area is 231 Å². The molecule has 0 spiro atoms. The van der Waals surface area contributed by atoms with Gasteiger partial charge in [0.15, 0.2) is 40.4 Å². The van der Waals surface area contributed by atoms with Crippen LogP contribution < -0.4 is 5.73 Å². The predicted molar refractivity (Wildman–Crippen MR) is 141 cm³/mol. The Morgan fingerprint density at radius 3 is 2.35 bits per heavy atom. The van der Waals surface area contributed by atoms with Crippen LogP contribution in [-0.2, 0) is 25.6 Å². The van der Waals surface area contributed by atoms with E-state index in [1.54, 1.807) is 0 Å². The molecule has 1 aromatic carbocycles. The third-order valence-corrected chi connectivity index (χ3v) is 9.49. The number of hydrogen-bond donors (Lipinski definition) is 3. The molecule has 11 nitrogen and oxygen atoms in total. The molecule has 1 amide bonds. The highest BCUT2D eigenvalue weighted by Crippen LogP contribution is 2.51. The van der Waals surface area contributed by atoms with Crippen LogP contribution in [0, 0.1) is 29.6 Å². The normalized spacial score (nSPS) is 33.0. The zero-order valence-electron chi connectivity index (χ0n) is 22.9. The van der Waals surface area contributed by atoms with Gasteiger partial charge in [-0.25, -0.2) is 0 Å². The van der Waals surface area contributed by atoms with Gasteiger partial charge in [0.25, 0.3) is 0 Å². The number of carbonyl (C=O) groups is 6. The molecule has 0 radical (unpaired) electrons. The van der Waals surface area contributed by atoms with Crippen LogP contribution in [0.1, 0.15) is 52.5 Å². The van der Waals surface area contributed by atoms with Crippen molar-refractivity contribution in [3.8, 4) is 5.75 Å². The molecular weight excluding hydrogens is 518 g/mol. The standard InChI is InChI=1S/C29H35N3O8/c1-13-6-8-32(9-7-13)12-19(34)15-4-5-18(33)21-16(15)10-14-11-17-23(31(2)3)25(36)22(28(30)39)27(38)29(17,40)26(37)20(14)24(21)35/h4-5,13-14,17,20,22-23,33,40H,6-12H2,1-3H3,(H2,30,39)/t14-,17-,20?,22?,23?,29-/m0/s1. The number of ketones is 5. The van der Waals surface area contributed by atoms with Gasteiger partial charge in [0.05, 0.1) is 24.1 Å². The van der Waals surface area contributed by atoms with E-state index in [4.69, 9.17) is 5.73 Å². The summed E-state index contributed by atoms with van der Waals surface area (Å²) in [6.07, 6.45) is 1.98. The van der Waals surface area contributed by atoms with Gasteiger partial charge in [-0.3, -0.25) is 38.6 Å². The molecule has 1 aromatic rings. The van der Waals surface area contributed by atoms with Crippen LogP contribution in [0.4, 0.5) is 0 Å². The number of primary amides is 1. The van der Waals surface area contributed by atoms with Crippen molar-refractivity contribution in [2.24, 2.45) is 35.3 Å². The van der Waals surface area contributed by atoms with Crippen molar-refractivity contribution in [3.05, 3.63) is 28.8 Å². The van der Waals surface area contributed by atoms with Crippen LogP contribution in [0.15, 0.2) is 12.1 Å². The minimum atomic E-state index is -2.77. The highest BCUT2D eigenvalue weighted by molar-refractivity contribution is 6.32. The molecular formula is C29H35N3O8. The zero-order valence-corrected chi connectivity index (χ0v) is 22.9. The smallest absolute Gasteiger partial charge is 0.235 e. The number of carbonyl (C=O) groups excluding carboxylic acids is 6. The molecule has 3 unspecified atom stereocenters. The summed E-state index contributed by atoms with van der Waals surface area (Å²) in [6, 6.07) is 1.57. The largest absolute Gasteiger partial charge is 0.507 e. The van der Waals surface area contributed by atoms with Gasteiger partial charge in [0, 0.05) is 11.5 Å². The summed E-state index contributed by atoms with van der Waals surface area (Å²) >= 11 is 0. The third kappa shape index (κ3) is 4.13. The number of nitrogens with two attached hydrogens (primary N) is 1. The lowest BCUT2D eigenvalue weighted by Crippen LogP contribution is -2.74. The lowest BCUT2D eigenvalue weighted by Gasteiger charge is -2.52. The van der Waals surface area contributed by atoms with E-state index in [2.05, 4.69) is 11.8 Å². The maximum Gasteiger partial charge on any atom is 0.235 e. The summed E-state index contributed by atoms with van der Waals surface area (Å²) < 4.78 is 0. The minimum Gasteiger partial charge on any atom is -0.507 e. The number of rotatable bonds is 5. The second-order valence-electron chi connectivity index (χ2n) is 12.2. The number of benzene rings is 1. The highest BCUT2D eigenvalue weighted by Gasteiger charge is 2.69. The Hall–Kier alpha value is -3.28. The molecule has 6 atom stereocenters. The van der Waals surface area contributed by atoms with Crippen molar-refractivity contribution in [1.29, 1.82) is 0 Å². The molecule has 0 bridgehead atoms. The monoisotopic (exact) mass is 553 g/mol. The number of hydrogen-bond acceptors (Lipinski definition) is 10. The van der Waals surface area contributed by atoms with E-state index >= 15 is 0 Å². The topological polar surface area (TPSA) is 175 Å². The highest BCUT2D eigenvalue weighted by atomic mass is 16.3. The van der Waals surface area contributed by atoms with Crippen LogP contribution in [0.2, 0.25) is 0 Å². The fourth-order valence-corrected chi connectivity index (χ4v) is 7.37. The maximum absolute atomic E-state index is 13.9.